The Morgan fingerprint density at radius 1 is 1.15 bits per heavy atom. The second-order valence-corrected chi connectivity index (χ2v) is 6.14. The number of carbonyl (C=O) groups is 1. The van der Waals surface area contributed by atoms with Crippen molar-refractivity contribution in [1.29, 1.82) is 0 Å². The van der Waals surface area contributed by atoms with Gasteiger partial charge in [0, 0.05) is 31.0 Å². The Hall–Kier alpha value is -3.08. The molecule has 0 fully saturated rings. The highest BCUT2D eigenvalue weighted by molar-refractivity contribution is 5.94. The van der Waals surface area contributed by atoms with Gasteiger partial charge in [0.25, 0.3) is 5.91 Å². The largest absolute Gasteiger partial charge is 0.497 e. The molecular weight excluding hydrogens is 326 g/mol. The quantitative estimate of drug-likeness (QED) is 0.635. The minimum absolute atomic E-state index is 0.0384. The van der Waals surface area contributed by atoms with Gasteiger partial charge in [-0.25, -0.2) is 4.98 Å². The van der Waals surface area contributed by atoms with Crippen LogP contribution in [0.5, 0.6) is 5.75 Å². The van der Waals surface area contributed by atoms with Crippen LogP contribution >= 0.6 is 0 Å². The molecular formula is C21H23N3O2. The average Bonchev–Trinajstić information content (AvgIpc) is 3.19. The van der Waals surface area contributed by atoms with Crippen LogP contribution < -0.4 is 10.1 Å². The summed E-state index contributed by atoms with van der Waals surface area (Å²) in [5.74, 6) is 0.817. The summed E-state index contributed by atoms with van der Waals surface area (Å²) in [5, 5.41) is 2.96. The van der Waals surface area contributed by atoms with E-state index in [1.165, 1.54) is 5.56 Å². The summed E-state index contributed by atoms with van der Waals surface area (Å²) < 4.78 is 7.26. The first-order valence-electron chi connectivity index (χ1n) is 8.70. The van der Waals surface area contributed by atoms with Crippen molar-refractivity contribution >= 4 is 5.91 Å². The number of ether oxygens (including phenoxy) is 1. The van der Waals surface area contributed by atoms with Crippen molar-refractivity contribution in [3.05, 3.63) is 83.9 Å². The minimum atomic E-state index is -0.0384. The van der Waals surface area contributed by atoms with E-state index in [9.17, 15) is 4.79 Å². The predicted molar refractivity (Wildman–Crippen MR) is 101 cm³/mol. The maximum atomic E-state index is 12.2. The number of imidazole rings is 1. The Morgan fingerprint density at radius 3 is 2.73 bits per heavy atom. The van der Waals surface area contributed by atoms with Gasteiger partial charge in [-0.3, -0.25) is 4.79 Å². The first-order chi connectivity index (χ1) is 12.7. The number of aryl methyl sites for hydroxylation is 1. The molecule has 0 bridgehead atoms. The second kappa shape index (κ2) is 8.85. The summed E-state index contributed by atoms with van der Waals surface area (Å²) in [4.78, 5) is 16.2. The van der Waals surface area contributed by atoms with Gasteiger partial charge >= 0.3 is 0 Å². The molecule has 1 amide bonds. The first kappa shape index (κ1) is 17.7. The molecule has 0 saturated carbocycles. The van der Waals surface area contributed by atoms with E-state index in [2.05, 4.69) is 16.4 Å². The van der Waals surface area contributed by atoms with Crippen LogP contribution in [-0.4, -0.2) is 29.1 Å². The third-order valence-corrected chi connectivity index (χ3v) is 4.20. The smallest absolute Gasteiger partial charge is 0.251 e. The molecule has 134 valence electrons. The molecule has 0 saturated heterocycles. The molecule has 1 N–H and O–H groups in total. The van der Waals surface area contributed by atoms with Crippen molar-refractivity contribution in [1.82, 2.24) is 14.9 Å². The molecule has 0 spiro atoms. The van der Waals surface area contributed by atoms with Crippen LogP contribution in [0.4, 0.5) is 0 Å². The predicted octanol–water partition coefficient (Wildman–Crippen LogP) is 3.30. The fourth-order valence-electron chi connectivity index (χ4n) is 2.78. The molecule has 0 atom stereocenters. The third-order valence-electron chi connectivity index (χ3n) is 4.20. The molecule has 1 heterocycles. The number of methoxy groups -OCH3 is 1. The van der Waals surface area contributed by atoms with E-state index in [-0.39, 0.29) is 5.91 Å². The summed E-state index contributed by atoms with van der Waals surface area (Å²) in [7, 11) is 1.67. The van der Waals surface area contributed by atoms with E-state index >= 15 is 0 Å². The van der Waals surface area contributed by atoms with Gasteiger partial charge in [-0.1, -0.05) is 24.3 Å². The molecule has 1 aromatic heterocycles. The van der Waals surface area contributed by atoms with Crippen molar-refractivity contribution in [2.45, 2.75) is 19.4 Å². The number of nitrogens with zero attached hydrogens (tertiary/aromatic N) is 2. The topological polar surface area (TPSA) is 56.1 Å². The van der Waals surface area contributed by atoms with Crippen LogP contribution in [0, 0.1) is 0 Å². The number of aromatic nitrogens is 2. The lowest BCUT2D eigenvalue weighted by Crippen LogP contribution is -2.25. The van der Waals surface area contributed by atoms with Gasteiger partial charge in [0.2, 0.25) is 0 Å². The maximum absolute atomic E-state index is 12.2. The lowest BCUT2D eigenvalue weighted by molar-refractivity contribution is 0.0952. The van der Waals surface area contributed by atoms with E-state index < -0.39 is 0 Å². The molecule has 26 heavy (non-hydrogen) atoms. The van der Waals surface area contributed by atoms with Gasteiger partial charge < -0.3 is 14.6 Å². The van der Waals surface area contributed by atoms with Gasteiger partial charge in [-0.05, 0) is 48.2 Å². The monoisotopic (exact) mass is 349 g/mol. The zero-order valence-electron chi connectivity index (χ0n) is 14.9. The number of benzene rings is 2. The summed E-state index contributed by atoms with van der Waals surface area (Å²) in [6.45, 7) is 1.49. The molecule has 0 radical (unpaired) electrons. The number of hydrogen-bond donors (Lipinski definition) is 1. The van der Waals surface area contributed by atoms with Crippen LogP contribution in [0.25, 0.3) is 0 Å². The Kier molecular flexibility index (Phi) is 6.04. The molecule has 0 aliphatic rings. The van der Waals surface area contributed by atoms with E-state index in [1.807, 2.05) is 53.2 Å². The van der Waals surface area contributed by atoms with E-state index in [4.69, 9.17) is 4.74 Å². The summed E-state index contributed by atoms with van der Waals surface area (Å²) in [5.41, 5.74) is 3.03. The fraction of sp³-hybridized carbons (Fsp3) is 0.238. The summed E-state index contributed by atoms with van der Waals surface area (Å²) in [6, 6.07) is 15.8. The molecule has 0 aliphatic carbocycles. The van der Waals surface area contributed by atoms with Crippen molar-refractivity contribution in [2.75, 3.05) is 13.7 Å². The van der Waals surface area contributed by atoms with Crippen LogP contribution in [-0.2, 0) is 13.0 Å². The molecule has 3 rings (SSSR count). The maximum Gasteiger partial charge on any atom is 0.251 e. The third kappa shape index (κ3) is 4.96. The van der Waals surface area contributed by atoms with E-state index in [0.717, 1.165) is 30.7 Å². The summed E-state index contributed by atoms with van der Waals surface area (Å²) >= 11 is 0. The molecule has 3 aromatic rings. The highest BCUT2D eigenvalue weighted by atomic mass is 16.5. The Morgan fingerprint density at radius 2 is 2.00 bits per heavy atom. The fourth-order valence-corrected chi connectivity index (χ4v) is 2.78. The van der Waals surface area contributed by atoms with Gasteiger partial charge in [0.15, 0.2) is 0 Å². The van der Waals surface area contributed by atoms with Gasteiger partial charge in [0.1, 0.15) is 5.75 Å². The van der Waals surface area contributed by atoms with Crippen molar-refractivity contribution < 1.29 is 9.53 Å². The van der Waals surface area contributed by atoms with Gasteiger partial charge in [-0.2, -0.15) is 0 Å². The van der Waals surface area contributed by atoms with Crippen molar-refractivity contribution in [2.24, 2.45) is 0 Å². The molecule has 0 unspecified atom stereocenters. The number of carbonyl (C=O) groups excluding carboxylic acids is 1. The van der Waals surface area contributed by atoms with Gasteiger partial charge in [0.05, 0.1) is 13.4 Å². The highest BCUT2D eigenvalue weighted by Crippen LogP contribution is 2.16. The Balaban J connectivity index is 1.49. The number of amides is 1. The molecule has 5 nitrogen and oxygen atoms in total. The minimum Gasteiger partial charge on any atom is -0.497 e. The molecule has 2 aromatic carbocycles. The zero-order valence-corrected chi connectivity index (χ0v) is 14.9. The van der Waals surface area contributed by atoms with Crippen LogP contribution in [0.1, 0.15) is 27.9 Å². The standard InChI is InChI=1S/C21H23N3O2/c1-26-20-5-2-4-18(15-20)14-17-6-8-19(9-7-17)21(25)23-10-3-12-24-13-11-22-16-24/h2,4-9,11,13,15-16H,3,10,12,14H2,1H3,(H,23,25). The van der Waals surface area contributed by atoms with Crippen LogP contribution in [0.3, 0.4) is 0 Å². The van der Waals surface area contributed by atoms with E-state index in [0.29, 0.717) is 12.1 Å². The normalized spacial score (nSPS) is 10.5. The zero-order chi connectivity index (χ0) is 18.2. The van der Waals surface area contributed by atoms with Crippen LogP contribution in [0.2, 0.25) is 0 Å². The first-order valence-corrected chi connectivity index (χ1v) is 8.70. The number of rotatable bonds is 8. The lowest BCUT2D eigenvalue weighted by Gasteiger charge is -2.08. The summed E-state index contributed by atoms with van der Waals surface area (Å²) in [6.07, 6.45) is 7.14. The average molecular weight is 349 g/mol. The molecule has 0 aliphatic heterocycles. The lowest BCUT2D eigenvalue weighted by atomic mass is 10.0. The highest BCUT2D eigenvalue weighted by Gasteiger charge is 2.05. The SMILES string of the molecule is COc1cccc(Cc2ccc(C(=O)NCCCn3ccnc3)cc2)c1. The van der Waals surface area contributed by atoms with Crippen molar-refractivity contribution in [3.63, 3.8) is 0 Å². The van der Waals surface area contributed by atoms with Crippen LogP contribution in [0.15, 0.2) is 67.3 Å². The number of hydrogen-bond acceptors (Lipinski definition) is 3. The Labute approximate surface area is 153 Å². The second-order valence-electron chi connectivity index (χ2n) is 6.14. The van der Waals surface area contributed by atoms with Gasteiger partial charge in [-0.15, -0.1) is 0 Å². The number of nitrogens with one attached hydrogen (secondary N) is 1. The molecule has 5 heteroatoms. The Bertz CT molecular complexity index is 827. The van der Waals surface area contributed by atoms with Crippen molar-refractivity contribution in [3.8, 4) is 5.75 Å². The van der Waals surface area contributed by atoms with E-state index in [1.54, 1.807) is 19.6 Å².